The van der Waals surface area contributed by atoms with Crippen molar-refractivity contribution in [1.82, 2.24) is 9.47 Å². The lowest BCUT2D eigenvalue weighted by Crippen LogP contribution is -2.46. The number of nitrogens with zero attached hydrogens (tertiary/aromatic N) is 2. The first-order chi connectivity index (χ1) is 7.78. The predicted octanol–water partition coefficient (Wildman–Crippen LogP) is 0.424. The second-order valence-electron chi connectivity index (χ2n) is 4.76. The van der Waals surface area contributed by atoms with Crippen LogP contribution in [-0.4, -0.2) is 29.0 Å². The highest BCUT2D eigenvalue weighted by Crippen LogP contribution is 2.34. The van der Waals surface area contributed by atoms with Crippen molar-refractivity contribution in [2.45, 2.75) is 18.9 Å². The van der Waals surface area contributed by atoms with Gasteiger partial charge < -0.3 is 9.47 Å². The molecule has 2 atom stereocenters. The molecule has 0 aromatic carbocycles. The van der Waals surface area contributed by atoms with Crippen LogP contribution in [0.3, 0.4) is 0 Å². The maximum absolute atomic E-state index is 11.7. The summed E-state index contributed by atoms with van der Waals surface area (Å²) < 4.78 is 1.88. The fourth-order valence-electron chi connectivity index (χ4n) is 3.02. The largest absolute Gasteiger partial charge is 0.344 e. The second kappa shape index (κ2) is 3.47. The maximum Gasteiger partial charge on any atom is 0.250 e. The molecule has 2 aliphatic rings. The van der Waals surface area contributed by atoms with E-state index in [1.165, 1.54) is 0 Å². The minimum Gasteiger partial charge on any atom is -0.344 e. The van der Waals surface area contributed by atoms with Gasteiger partial charge in [0.1, 0.15) is 0 Å². The van der Waals surface area contributed by atoms with E-state index in [4.69, 9.17) is 0 Å². The molecule has 1 aromatic heterocycles. The molecular formula is C12H14N2O2. The van der Waals surface area contributed by atoms with Crippen molar-refractivity contribution in [1.29, 1.82) is 0 Å². The summed E-state index contributed by atoms with van der Waals surface area (Å²) in [7, 11) is 0. The van der Waals surface area contributed by atoms with Crippen molar-refractivity contribution in [2.75, 3.05) is 13.1 Å². The molecule has 0 radical (unpaired) electrons. The third-order valence-electron chi connectivity index (χ3n) is 3.66. The minimum absolute atomic E-state index is 0.0896. The molecule has 0 N–H and O–H groups in total. The number of rotatable bonds is 1. The van der Waals surface area contributed by atoms with Crippen LogP contribution >= 0.6 is 0 Å². The maximum atomic E-state index is 11.7. The number of hydrogen-bond donors (Lipinski definition) is 0. The van der Waals surface area contributed by atoms with Crippen LogP contribution in [0, 0.1) is 5.92 Å². The van der Waals surface area contributed by atoms with Crippen LogP contribution in [0.15, 0.2) is 23.0 Å². The van der Waals surface area contributed by atoms with Gasteiger partial charge in [-0.1, -0.05) is 6.07 Å². The van der Waals surface area contributed by atoms with E-state index in [1.54, 1.807) is 6.07 Å². The van der Waals surface area contributed by atoms with E-state index in [-0.39, 0.29) is 5.56 Å². The number of pyridine rings is 1. The molecule has 0 unspecified atom stereocenters. The van der Waals surface area contributed by atoms with Crippen LogP contribution in [0.1, 0.15) is 18.0 Å². The lowest BCUT2D eigenvalue weighted by atomic mass is 9.83. The van der Waals surface area contributed by atoms with E-state index in [0.717, 1.165) is 38.2 Å². The first kappa shape index (κ1) is 9.63. The third kappa shape index (κ3) is 1.37. The number of aromatic nitrogens is 1. The summed E-state index contributed by atoms with van der Waals surface area (Å²) in [6.45, 7) is 2.31. The summed E-state index contributed by atoms with van der Waals surface area (Å²) in [6, 6.07) is 5.44. The highest BCUT2D eigenvalue weighted by atomic mass is 16.1. The average molecular weight is 218 g/mol. The van der Waals surface area contributed by atoms with Gasteiger partial charge in [0.25, 0.3) is 5.56 Å². The highest BCUT2D eigenvalue weighted by Gasteiger charge is 2.33. The summed E-state index contributed by atoms with van der Waals surface area (Å²) >= 11 is 0. The van der Waals surface area contributed by atoms with Crippen molar-refractivity contribution < 1.29 is 4.79 Å². The molecule has 1 aromatic rings. The van der Waals surface area contributed by atoms with Crippen molar-refractivity contribution in [3.05, 3.63) is 34.2 Å². The summed E-state index contributed by atoms with van der Waals surface area (Å²) in [5, 5.41) is 0. The monoisotopic (exact) mass is 218 g/mol. The number of hydrogen-bond acceptors (Lipinski definition) is 2. The van der Waals surface area contributed by atoms with Gasteiger partial charge in [-0.25, -0.2) is 0 Å². The molecular weight excluding hydrogens is 204 g/mol. The fraction of sp³-hybridized carbons (Fsp3) is 0.500. The smallest absolute Gasteiger partial charge is 0.250 e. The summed E-state index contributed by atoms with van der Waals surface area (Å²) in [5.74, 6) is 0.781. The molecule has 3 heterocycles. The van der Waals surface area contributed by atoms with Gasteiger partial charge in [0, 0.05) is 37.3 Å². The Morgan fingerprint density at radius 1 is 1.25 bits per heavy atom. The molecule has 0 saturated carbocycles. The normalized spacial score (nSPS) is 27.4. The zero-order valence-corrected chi connectivity index (χ0v) is 9.00. The van der Waals surface area contributed by atoms with Gasteiger partial charge >= 0.3 is 0 Å². The Balaban J connectivity index is 2.05. The number of likely N-dealkylation sites (tertiary alicyclic amines) is 1. The summed E-state index contributed by atoms with van der Waals surface area (Å²) in [6.07, 6.45) is 2.03. The number of piperidine rings is 1. The quantitative estimate of drug-likeness (QED) is 0.641. The highest BCUT2D eigenvalue weighted by molar-refractivity contribution is 5.47. The first-order valence-corrected chi connectivity index (χ1v) is 5.67. The van der Waals surface area contributed by atoms with Crippen LogP contribution in [0.2, 0.25) is 0 Å². The van der Waals surface area contributed by atoms with Crippen LogP contribution < -0.4 is 5.56 Å². The number of carbonyl (C=O) groups is 1. The number of amides is 1. The lowest BCUT2D eigenvalue weighted by molar-refractivity contribution is -0.120. The minimum atomic E-state index is 0.0896. The van der Waals surface area contributed by atoms with Crippen LogP contribution in [0.25, 0.3) is 0 Å². The van der Waals surface area contributed by atoms with E-state index < -0.39 is 0 Å². The van der Waals surface area contributed by atoms with Crippen LogP contribution in [0.4, 0.5) is 0 Å². The lowest BCUT2D eigenvalue weighted by Gasteiger charge is -2.41. The molecule has 4 nitrogen and oxygen atoms in total. The van der Waals surface area contributed by atoms with Gasteiger partial charge in [-0.3, -0.25) is 9.59 Å². The molecule has 0 aliphatic carbocycles. The van der Waals surface area contributed by atoms with E-state index in [2.05, 4.69) is 0 Å². The molecule has 16 heavy (non-hydrogen) atoms. The zero-order valence-electron chi connectivity index (χ0n) is 9.00. The van der Waals surface area contributed by atoms with Crippen molar-refractivity contribution >= 4 is 6.41 Å². The molecule has 1 saturated heterocycles. The van der Waals surface area contributed by atoms with Gasteiger partial charge in [0.05, 0.1) is 0 Å². The second-order valence-corrected chi connectivity index (χ2v) is 4.76. The molecule has 2 bridgehead atoms. The summed E-state index contributed by atoms with van der Waals surface area (Å²) in [5.41, 5.74) is 1.18. The molecule has 4 heteroatoms. The Kier molecular flexibility index (Phi) is 2.09. The topological polar surface area (TPSA) is 42.3 Å². The Labute approximate surface area is 93.5 Å². The Bertz CT molecular complexity index is 480. The molecule has 3 rings (SSSR count). The summed E-state index contributed by atoms with van der Waals surface area (Å²) in [4.78, 5) is 24.4. The van der Waals surface area contributed by atoms with Gasteiger partial charge in [-0.15, -0.1) is 0 Å². The Morgan fingerprint density at radius 2 is 2.12 bits per heavy atom. The third-order valence-corrected chi connectivity index (χ3v) is 3.66. The van der Waals surface area contributed by atoms with E-state index >= 15 is 0 Å². The molecule has 84 valence electrons. The van der Waals surface area contributed by atoms with Crippen LogP contribution in [-0.2, 0) is 11.3 Å². The van der Waals surface area contributed by atoms with Crippen LogP contribution in [0.5, 0.6) is 0 Å². The van der Waals surface area contributed by atoms with Crippen molar-refractivity contribution in [3.63, 3.8) is 0 Å². The van der Waals surface area contributed by atoms with Gasteiger partial charge in [0.15, 0.2) is 0 Å². The standard InChI is InChI=1S/C12H14N2O2/c15-8-13-5-9-4-10(7-13)11-2-1-3-12(16)14(11)6-9/h1-3,8-10H,4-7H2/t9-,10-/m0/s1. The Morgan fingerprint density at radius 3 is 2.94 bits per heavy atom. The predicted molar refractivity (Wildman–Crippen MR) is 59.2 cm³/mol. The molecule has 2 aliphatic heterocycles. The van der Waals surface area contributed by atoms with Gasteiger partial charge in [0.2, 0.25) is 6.41 Å². The number of fused-ring (bicyclic) bond motifs is 4. The molecule has 0 spiro atoms. The van der Waals surface area contributed by atoms with Crippen molar-refractivity contribution in [2.24, 2.45) is 5.92 Å². The SMILES string of the molecule is O=CN1C[C@@H]2C[C@@H](C1)c1cccc(=O)n1C2. The van der Waals surface area contributed by atoms with Crippen molar-refractivity contribution in [3.8, 4) is 0 Å². The fourth-order valence-corrected chi connectivity index (χ4v) is 3.02. The van der Waals surface area contributed by atoms with E-state index in [0.29, 0.717) is 11.8 Å². The van der Waals surface area contributed by atoms with E-state index in [9.17, 15) is 9.59 Å². The molecule has 1 fully saturated rings. The van der Waals surface area contributed by atoms with Gasteiger partial charge in [-0.2, -0.15) is 0 Å². The number of carbonyl (C=O) groups excluding carboxylic acids is 1. The van der Waals surface area contributed by atoms with Gasteiger partial charge in [-0.05, 0) is 18.4 Å². The zero-order chi connectivity index (χ0) is 11.1. The molecule has 1 amide bonds. The van der Waals surface area contributed by atoms with E-state index in [1.807, 2.05) is 21.6 Å². The average Bonchev–Trinajstić information content (AvgIpc) is 2.30. The first-order valence-electron chi connectivity index (χ1n) is 5.67. The Hall–Kier alpha value is -1.58.